The van der Waals surface area contributed by atoms with Crippen LogP contribution in [0.1, 0.15) is 36.1 Å². The lowest BCUT2D eigenvalue weighted by molar-refractivity contribution is -0.129. The van der Waals surface area contributed by atoms with Crippen LogP contribution in [0.2, 0.25) is 0 Å². The maximum atomic E-state index is 11.6. The van der Waals surface area contributed by atoms with Gasteiger partial charge in [-0.05, 0) is 47.7 Å². The molecule has 0 aromatic heterocycles. The van der Waals surface area contributed by atoms with Crippen molar-refractivity contribution in [2.24, 2.45) is 0 Å². The van der Waals surface area contributed by atoms with Crippen molar-refractivity contribution in [2.75, 3.05) is 0 Å². The number of allylic oxidation sites excluding steroid dienone is 1. The van der Waals surface area contributed by atoms with Crippen molar-refractivity contribution < 1.29 is 19.1 Å². The molecular formula is C25H26O4. The third kappa shape index (κ3) is 5.11. The molecule has 0 aliphatic heterocycles. The largest absolute Gasteiger partial charge is 0.423 e. The van der Waals surface area contributed by atoms with Gasteiger partial charge in [-0.3, -0.25) is 0 Å². The number of carbonyl (C=O) groups excluding carboxylic acids is 2. The molecule has 29 heavy (non-hydrogen) atoms. The van der Waals surface area contributed by atoms with Gasteiger partial charge in [0.2, 0.25) is 0 Å². The molecule has 0 bridgehead atoms. The summed E-state index contributed by atoms with van der Waals surface area (Å²) < 4.78 is 10.6. The van der Waals surface area contributed by atoms with Crippen LogP contribution in [0.25, 0.3) is 0 Å². The molecule has 0 atom stereocenters. The van der Waals surface area contributed by atoms with Gasteiger partial charge < -0.3 is 9.47 Å². The molecule has 0 radical (unpaired) electrons. The molecule has 4 nitrogen and oxygen atoms in total. The number of hydrogen-bond acceptors (Lipinski definition) is 4. The van der Waals surface area contributed by atoms with Crippen molar-refractivity contribution >= 4 is 11.9 Å². The van der Waals surface area contributed by atoms with E-state index in [1.54, 1.807) is 18.2 Å². The highest BCUT2D eigenvalue weighted by Crippen LogP contribution is 2.36. The fourth-order valence-corrected chi connectivity index (χ4v) is 3.00. The quantitative estimate of drug-likeness (QED) is 0.268. The van der Waals surface area contributed by atoms with Crippen LogP contribution in [0.4, 0.5) is 0 Å². The van der Waals surface area contributed by atoms with Gasteiger partial charge >= 0.3 is 11.9 Å². The van der Waals surface area contributed by atoms with Gasteiger partial charge in [0.05, 0.1) is 0 Å². The zero-order valence-corrected chi connectivity index (χ0v) is 17.2. The molecule has 0 saturated carbocycles. The number of ether oxygens (including phenoxy) is 2. The molecule has 0 heterocycles. The average Bonchev–Trinajstić information content (AvgIpc) is 2.70. The summed E-state index contributed by atoms with van der Waals surface area (Å²) >= 11 is 0. The van der Waals surface area contributed by atoms with Crippen LogP contribution in [0.15, 0.2) is 74.4 Å². The molecule has 0 fully saturated rings. The van der Waals surface area contributed by atoms with Crippen molar-refractivity contribution in [1.82, 2.24) is 0 Å². The average molecular weight is 390 g/mol. The maximum absolute atomic E-state index is 11.6. The monoisotopic (exact) mass is 390 g/mol. The number of rotatable bonds is 8. The first kappa shape index (κ1) is 21.9. The molecule has 2 aromatic carbocycles. The van der Waals surface area contributed by atoms with Gasteiger partial charge in [-0.25, -0.2) is 9.59 Å². The summed E-state index contributed by atoms with van der Waals surface area (Å²) in [6.07, 6.45) is 4.61. The van der Waals surface area contributed by atoms with Crippen LogP contribution < -0.4 is 9.47 Å². The van der Waals surface area contributed by atoms with E-state index >= 15 is 0 Å². The first-order chi connectivity index (χ1) is 13.7. The molecule has 2 rings (SSSR count). The second kappa shape index (κ2) is 9.20. The van der Waals surface area contributed by atoms with Crippen molar-refractivity contribution in [3.63, 3.8) is 0 Å². The number of benzene rings is 2. The molecular weight excluding hydrogens is 364 g/mol. The third-order valence-corrected chi connectivity index (χ3v) is 4.80. The Morgan fingerprint density at radius 3 is 1.93 bits per heavy atom. The Labute approximate surface area is 172 Å². The SMILES string of the molecule is C=CCc1cc(C(C)(C)c2ccc(OC(=O)C=C)c(C)c2)ccc1OC(=O)C=C. The zero-order valence-electron chi connectivity index (χ0n) is 17.2. The van der Waals surface area contributed by atoms with E-state index in [1.807, 2.05) is 31.2 Å². The van der Waals surface area contributed by atoms with Crippen LogP contribution >= 0.6 is 0 Å². The molecule has 150 valence electrons. The number of aryl methyl sites for hydroxylation is 1. The summed E-state index contributed by atoms with van der Waals surface area (Å²) in [5.74, 6) is 0.0205. The molecule has 0 N–H and O–H groups in total. The molecule has 0 aliphatic carbocycles. The Morgan fingerprint density at radius 2 is 1.41 bits per heavy atom. The minimum Gasteiger partial charge on any atom is -0.423 e. The highest BCUT2D eigenvalue weighted by atomic mass is 16.5. The molecule has 0 amide bonds. The van der Waals surface area contributed by atoms with Crippen LogP contribution in [0.3, 0.4) is 0 Å². The van der Waals surface area contributed by atoms with Crippen molar-refractivity contribution in [2.45, 2.75) is 32.6 Å². The first-order valence-corrected chi connectivity index (χ1v) is 9.26. The Balaban J connectivity index is 2.42. The van der Waals surface area contributed by atoms with Gasteiger partial charge in [0.25, 0.3) is 0 Å². The van der Waals surface area contributed by atoms with Crippen molar-refractivity contribution in [1.29, 1.82) is 0 Å². The van der Waals surface area contributed by atoms with Gasteiger partial charge in [-0.15, -0.1) is 6.58 Å². The molecule has 2 aromatic rings. The van der Waals surface area contributed by atoms with Crippen LogP contribution in [-0.2, 0) is 21.4 Å². The van der Waals surface area contributed by atoms with Crippen LogP contribution in [-0.4, -0.2) is 11.9 Å². The molecule has 0 unspecified atom stereocenters. The normalized spacial score (nSPS) is 10.7. The second-order valence-electron chi connectivity index (χ2n) is 7.17. The number of carbonyl (C=O) groups is 2. The van der Waals surface area contributed by atoms with E-state index in [9.17, 15) is 9.59 Å². The standard InChI is InChI=1S/C25H26O4/c1-7-10-18-16-20(12-14-22(18)29-24(27)9-3)25(5,6)19-11-13-21(17(4)15-19)28-23(26)8-2/h7-9,11-16H,1-3,10H2,4-6H3. The van der Waals surface area contributed by atoms with Gasteiger partial charge in [0.15, 0.2) is 0 Å². The first-order valence-electron chi connectivity index (χ1n) is 9.26. The van der Waals surface area contributed by atoms with E-state index in [-0.39, 0.29) is 5.41 Å². The minimum atomic E-state index is -0.498. The highest BCUT2D eigenvalue weighted by molar-refractivity contribution is 5.84. The number of hydrogen-bond donors (Lipinski definition) is 0. The maximum Gasteiger partial charge on any atom is 0.335 e. The summed E-state index contributed by atoms with van der Waals surface area (Å²) in [6.45, 7) is 16.8. The Hall–Kier alpha value is -3.40. The molecule has 4 heteroatoms. The van der Waals surface area contributed by atoms with Gasteiger partial charge in [-0.1, -0.05) is 57.3 Å². The van der Waals surface area contributed by atoms with E-state index < -0.39 is 11.9 Å². The fraction of sp³-hybridized carbons (Fsp3) is 0.200. The van der Waals surface area contributed by atoms with Gasteiger partial charge in [-0.2, -0.15) is 0 Å². The Bertz CT molecular complexity index is 967. The smallest absolute Gasteiger partial charge is 0.335 e. The molecule has 0 saturated heterocycles. The summed E-state index contributed by atoms with van der Waals surface area (Å²) in [5.41, 5.74) is 3.52. The topological polar surface area (TPSA) is 52.6 Å². The molecule has 0 spiro atoms. The van der Waals surface area contributed by atoms with Crippen molar-refractivity contribution in [3.05, 3.63) is 96.6 Å². The minimum absolute atomic E-state index is 0.331. The predicted molar refractivity (Wildman–Crippen MR) is 115 cm³/mol. The second-order valence-corrected chi connectivity index (χ2v) is 7.17. The van der Waals surface area contributed by atoms with E-state index in [0.717, 1.165) is 34.4 Å². The highest BCUT2D eigenvalue weighted by Gasteiger charge is 2.25. The van der Waals surface area contributed by atoms with Gasteiger partial charge in [0.1, 0.15) is 11.5 Å². The van der Waals surface area contributed by atoms with Gasteiger partial charge in [0, 0.05) is 17.6 Å². The predicted octanol–water partition coefficient (Wildman–Crippen LogP) is 5.23. The lowest BCUT2D eigenvalue weighted by Crippen LogP contribution is -2.20. The summed E-state index contributed by atoms with van der Waals surface area (Å²) in [5, 5.41) is 0. The fourth-order valence-electron chi connectivity index (χ4n) is 3.00. The van der Waals surface area contributed by atoms with Crippen molar-refractivity contribution in [3.8, 4) is 11.5 Å². The summed E-state index contributed by atoms with van der Waals surface area (Å²) in [4.78, 5) is 23.1. The van der Waals surface area contributed by atoms with Crippen LogP contribution in [0.5, 0.6) is 11.5 Å². The lowest BCUT2D eigenvalue weighted by atomic mass is 9.77. The zero-order chi connectivity index (χ0) is 21.6. The Kier molecular flexibility index (Phi) is 6.94. The third-order valence-electron chi connectivity index (χ3n) is 4.80. The van der Waals surface area contributed by atoms with E-state index in [0.29, 0.717) is 17.9 Å². The van der Waals surface area contributed by atoms with E-state index in [1.165, 1.54) is 0 Å². The number of esters is 2. The van der Waals surface area contributed by atoms with Crippen LogP contribution in [0, 0.1) is 6.92 Å². The summed E-state index contributed by atoms with van der Waals surface area (Å²) in [7, 11) is 0. The van der Waals surface area contributed by atoms with E-state index in [2.05, 4.69) is 33.6 Å². The molecule has 0 aliphatic rings. The lowest BCUT2D eigenvalue weighted by Gasteiger charge is -2.28. The van der Waals surface area contributed by atoms with E-state index in [4.69, 9.17) is 9.47 Å². The summed E-state index contributed by atoms with van der Waals surface area (Å²) in [6, 6.07) is 11.5. The Morgan fingerprint density at radius 1 is 0.897 bits per heavy atom.